The lowest BCUT2D eigenvalue weighted by Crippen LogP contribution is -2.22. The SMILES string of the molecule is Cc1cc2c(cc1CC#N)C1CCC2CC1. The van der Waals surface area contributed by atoms with E-state index in [0.29, 0.717) is 6.42 Å². The second kappa shape index (κ2) is 3.63. The van der Waals surface area contributed by atoms with Crippen LogP contribution < -0.4 is 0 Å². The molecule has 1 heteroatoms. The normalized spacial score (nSPS) is 26.2. The maximum atomic E-state index is 8.83. The van der Waals surface area contributed by atoms with Gasteiger partial charge < -0.3 is 0 Å². The first kappa shape index (κ1) is 9.90. The maximum Gasteiger partial charge on any atom is 0.0669 e. The number of nitriles is 1. The standard InChI is InChI=1S/C15H17N/c1-10-8-14-11-2-4-12(5-3-11)15(14)9-13(10)6-7-16/h8-9,11-12H,2-6H2,1H3. The molecule has 1 fully saturated rings. The summed E-state index contributed by atoms with van der Waals surface area (Å²) in [6, 6.07) is 6.96. The van der Waals surface area contributed by atoms with Gasteiger partial charge in [0, 0.05) is 0 Å². The summed E-state index contributed by atoms with van der Waals surface area (Å²) in [5.74, 6) is 1.60. The van der Waals surface area contributed by atoms with E-state index >= 15 is 0 Å². The van der Waals surface area contributed by atoms with Crippen LogP contribution in [0.5, 0.6) is 0 Å². The van der Waals surface area contributed by atoms with Gasteiger partial charge in [0.1, 0.15) is 0 Å². The van der Waals surface area contributed by atoms with Crippen LogP contribution in [0.4, 0.5) is 0 Å². The minimum atomic E-state index is 0.566. The van der Waals surface area contributed by atoms with E-state index in [-0.39, 0.29) is 0 Å². The average Bonchev–Trinajstić information content (AvgIpc) is 2.32. The van der Waals surface area contributed by atoms with Gasteiger partial charge in [-0.3, -0.25) is 0 Å². The maximum absolute atomic E-state index is 8.83. The third-order valence-electron chi connectivity index (χ3n) is 4.42. The van der Waals surface area contributed by atoms with E-state index in [1.54, 1.807) is 11.1 Å². The summed E-state index contributed by atoms with van der Waals surface area (Å²) in [4.78, 5) is 0. The van der Waals surface area contributed by atoms with Crippen LogP contribution in [0.15, 0.2) is 12.1 Å². The van der Waals surface area contributed by atoms with Crippen molar-refractivity contribution in [2.75, 3.05) is 0 Å². The molecule has 0 spiro atoms. The highest BCUT2D eigenvalue weighted by atomic mass is 14.4. The van der Waals surface area contributed by atoms with Crippen molar-refractivity contribution in [3.63, 3.8) is 0 Å². The molecule has 0 radical (unpaired) electrons. The Kier molecular flexibility index (Phi) is 2.24. The molecule has 0 heterocycles. The van der Waals surface area contributed by atoms with Crippen LogP contribution in [0.3, 0.4) is 0 Å². The fraction of sp³-hybridized carbons (Fsp3) is 0.533. The minimum absolute atomic E-state index is 0.566. The molecular weight excluding hydrogens is 194 g/mol. The molecule has 0 amide bonds. The lowest BCUT2D eigenvalue weighted by molar-refractivity contribution is 0.358. The first-order valence-corrected chi connectivity index (χ1v) is 6.30. The number of nitrogens with zero attached hydrogens (tertiary/aromatic N) is 1. The average molecular weight is 211 g/mol. The van der Waals surface area contributed by atoms with Crippen LogP contribution in [-0.4, -0.2) is 0 Å². The van der Waals surface area contributed by atoms with Gasteiger partial charge in [-0.2, -0.15) is 5.26 Å². The van der Waals surface area contributed by atoms with Gasteiger partial charge in [0.25, 0.3) is 0 Å². The Labute approximate surface area is 97.1 Å². The van der Waals surface area contributed by atoms with Crippen LogP contribution >= 0.6 is 0 Å². The van der Waals surface area contributed by atoms with E-state index in [2.05, 4.69) is 25.1 Å². The lowest BCUT2D eigenvalue weighted by atomic mass is 9.66. The summed E-state index contributed by atoms with van der Waals surface area (Å²) in [6.07, 6.45) is 6.07. The molecule has 0 N–H and O–H groups in total. The molecule has 0 aliphatic heterocycles. The fourth-order valence-corrected chi connectivity index (χ4v) is 3.49. The van der Waals surface area contributed by atoms with Crippen molar-refractivity contribution in [1.29, 1.82) is 5.26 Å². The summed E-state index contributed by atoms with van der Waals surface area (Å²) in [7, 11) is 0. The minimum Gasteiger partial charge on any atom is -0.198 e. The molecule has 3 aliphatic carbocycles. The first-order valence-electron chi connectivity index (χ1n) is 6.30. The Morgan fingerprint density at radius 3 is 2.25 bits per heavy atom. The lowest BCUT2D eigenvalue weighted by Gasteiger charge is -2.38. The van der Waals surface area contributed by atoms with E-state index in [4.69, 9.17) is 5.26 Å². The van der Waals surface area contributed by atoms with E-state index in [0.717, 1.165) is 11.8 Å². The van der Waals surface area contributed by atoms with Gasteiger partial charge in [-0.05, 0) is 66.7 Å². The molecule has 16 heavy (non-hydrogen) atoms. The van der Waals surface area contributed by atoms with Crippen molar-refractivity contribution >= 4 is 0 Å². The van der Waals surface area contributed by atoms with E-state index in [1.165, 1.54) is 36.8 Å². The van der Waals surface area contributed by atoms with Crippen molar-refractivity contribution in [3.8, 4) is 6.07 Å². The quantitative estimate of drug-likeness (QED) is 0.692. The molecule has 0 unspecified atom stereocenters. The van der Waals surface area contributed by atoms with Gasteiger partial charge in [0.2, 0.25) is 0 Å². The van der Waals surface area contributed by atoms with Gasteiger partial charge in [-0.15, -0.1) is 0 Å². The molecule has 4 rings (SSSR count). The van der Waals surface area contributed by atoms with Crippen molar-refractivity contribution in [2.45, 2.75) is 50.9 Å². The largest absolute Gasteiger partial charge is 0.198 e. The first-order chi connectivity index (χ1) is 7.79. The third kappa shape index (κ3) is 1.37. The van der Waals surface area contributed by atoms with Crippen molar-refractivity contribution in [2.24, 2.45) is 0 Å². The molecule has 82 valence electrons. The molecule has 0 aromatic heterocycles. The zero-order valence-electron chi connectivity index (χ0n) is 9.79. The van der Waals surface area contributed by atoms with Gasteiger partial charge in [0.05, 0.1) is 12.5 Å². The van der Waals surface area contributed by atoms with Crippen LogP contribution in [0.25, 0.3) is 0 Å². The number of fused-ring (bicyclic) bond motifs is 2. The highest BCUT2D eigenvalue weighted by Crippen LogP contribution is 2.49. The molecule has 1 aromatic carbocycles. The molecule has 1 aromatic rings. The smallest absolute Gasteiger partial charge is 0.0669 e. The summed E-state index contributed by atoms with van der Waals surface area (Å²) in [6.45, 7) is 2.15. The summed E-state index contributed by atoms with van der Waals surface area (Å²) < 4.78 is 0. The highest BCUT2D eigenvalue weighted by molar-refractivity contribution is 5.45. The summed E-state index contributed by atoms with van der Waals surface area (Å²) in [5, 5.41) is 8.83. The van der Waals surface area contributed by atoms with Gasteiger partial charge in [-0.25, -0.2) is 0 Å². The topological polar surface area (TPSA) is 23.8 Å². The highest BCUT2D eigenvalue weighted by Gasteiger charge is 2.32. The van der Waals surface area contributed by atoms with Crippen LogP contribution in [0.2, 0.25) is 0 Å². The van der Waals surface area contributed by atoms with Gasteiger partial charge in [0.15, 0.2) is 0 Å². The Bertz CT molecular complexity index is 459. The summed E-state index contributed by atoms with van der Waals surface area (Å²) in [5.41, 5.74) is 5.72. The number of benzene rings is 1. The molecule has 0 atom stereocenters. The van der Waals surface area contributed by atoms with E-state index < -0.39 is 0 Å². The molecular formula is C15H17N. The molecule has 1 nitrogen and oxygen atoms in total. The van der Waals surface area contributed by atoms with Crippen molar-refractivity contribution in [3.05, 3.63) is 34.4 Å². The Balaban J connectivity index is 2.11. The van der Waals surface area contributed by atoms with Gasteiger partial charge in [-0.1, -0.05) is 12.1 Å². The molecule has 1 saturated carbocycles. The van der Waals surface area contributed by atoms with Crippen LogP contribution in [0.1, 0.15) is 59.8 Å². The number of hydrogen-bond acceptors (Lipinski definition) is 1. The number of rotatable bonds is 1. The second-order valence-electron chi connectivity index (χ2n) is 5.29. The Hall–Kier alpha value is -1.29. The Morgan fingerprint density at radius 1 is 1.12 bits per heavy atom. The Morgan fingerprint density at radius 2 is 1.69 bits per heavy atom. The fourth-order valence-electron chi connectivity index (χ4n) is 3.49. The summed E-state index contributed by atoms with van der Waals surface area (Å²) >= 11 is 0. The predicted molar refractivity (Wildman–Crippen MR) is 64.4 cm³/mol. The molecule has 0 saturated heterocycles. The zero-order valence-corrected chi connectivity index (χ0v) is 9.79. The number of aryl methyl sites for hydroxylation is 1. The second-order valence-corrected chi connectivity index (χ2v) is 5.29. The zero-order chi connectivity index (χ0) is 11.1. The van der Waals surface area contributed by atoms with Crippen LogP contribution in [0, 0.1) is 18.3 Å². The number of hydrogen-bond donors (Lipinski definition) is 0. The van der Waals surface area contributed by atoms with Crippen molar-refractivity contribution < 1.29 is 0 Å². The van der Waals surface area contributed by atoms with Gasteiger partial charge >= 0.3 is 0 Å². The van der Waals surface area contributed by atoms with E-state index in [9.17, 15) is 0 Å². The van der Waals surface area contributed by atoms with Crippen molar-refractivity contribution in [1.82, 2.24) is 0 Å². The predicted octanol–water partition coefficient (Wildman–Crippen LogP) is 3.82. The molecule has 2 bridgehead atoms. The van der Waals surface area contributed by atoms with E-state index in [1.807, 2.05) is 0 Å². The molecule has 3 aliphatic rings. The van der Waals surface area contributed by atoms with Crippen LogP contribution in [-0.2, 0) is 6.42 Å². The monoisotopic (exact) mass is 211 g/mol. The third-order valence-corrected chi connectivity index (χ3v) is 4.42.